The molecular weight excluding hydrogens is 330 g/mol. The maximum atomic E-state index is 12.4. The number of hydrogen-bond acceptors (Lipinski definition) is 6. The molecule has 2 amide bonds. The standard InChI is InChI=1S/C16H23N3O6/c1-17-12(7-10-3-5-11(20)6-4-10)16(24)19-13(9-25-2)15(23)18-8-14(21)22/h3-6,12-13,17,20H,7-9H2,1-2H3,(H,18,23)(H,19,24)(H,21,22)/t12-,13-/m0/s1. The molecule has 0 bridgehead atoms. The Morgan fingerprint density at radius 1 is 1.12 bits per heavy atom. The molecule has 0 unspecified atom stereocenters. The summed E-state index contributed by atoms with van der Waals surface area (Å²) < 4.78 is 4.91. The number of hydrogen-bond donors (Lipinski definition) is 5. The number of carboxylic acids is 1. The van der Waals surface area contributed by atoms with Gasteiger partial charge in [0, 0.05) is 7.11 Å². The predicted molar refractivity (Wildman–Crippen MR) is 89.1 cm³/mol. The van der Waals surface area contributed by atoms with Crippen molar-refractivity contribution < 1.29 is 29.3 Å². The van der Waals surface area contributed by atoms with Crippen molar-refractivity contribution in [3.63, 3.8) is 0 Å². The number of carbonyl (C=O) groups excluding carboxylic acids is 2. The first-order chi connectivity index (χ1) is 11.9. The lowest BCUT2D eigenvalue weighted by Gasteiger charge is -2.21. The third-order valence-corrected chi connectivity index (χ3v) is 3.42. The van der Waals surface area contributed by atoms with Crippen LogP contribution < -0.4 is 16.0 Å². The summed E-state index contributed by atoms with van der Waals surface area (Å²) in [6.07, 6.45) is 0.346. The van der Waals surface area contributed by atoms with Gasteiger partial charge in [-0.1, -0.05) is 12.1 Å². The Balaban J connectivity index is 2.70. The molecule has 0 fully saturated rings. The van der Waals surface area contributed by atoms with Gasteiger partial charge in [-0.15, -0.1) is 0 Å². The van der Waals surface area contributed by atoms with Crippen LogP contribution in [-0.2, 0) is 25.5 Å². The molecule has 0 saturated carbocycles. The molecule has 138 valence electrons. The second-order valence-corrected chi connectivity index (χ2v) is 5.34. The van der Waals surface area contributed by atoms with E-state index in [2.05, 4.69) is 16.0 Å². The minimum atomic E-state index is -1.18. The number of phenols is 1. The molecule has 25 heavy (non-hydrogen) atoms. The van der Waals surface area contributed by atoms with Gasteiger partial charge >= 0.3 is 5.97 Å². The van der Waals surface area contributed by atoms with Gasteiger partial charge in [0.2, 0.25) is 11.8 Å². The minimum absolute atomic E-state index is 0.0904. The van der Waals surface area contributed by atoms with Gasteiger partial charge in [-0.2, -0.15) is 0 Å². The molecule has 2 atom stereocenters. The van der Waals surface area contributed by atoms with Crippen LogP contribution in [0.1, 0.15) is 5.56 Å². The molecule has 1 aromatic rings. The highest BCUT2D eigenvalue weighted by molar-refractivity contribution is 5.91. The van der Waals surface area contributed by atoms with Crippen molar-refractivity contribution in [2.75, 3.05) is 27.3 Å². The van der Waals surface area contributed by atoms with Crippen LogP contribution in [-0.4, -0.2) is 67.4 Å². The average molecular weight is 353 g/mol. The van der Waals surface area contributed by atoms with Crippen molar-refractivity contribution in [3.8, 4) is 5.75 Å². The Bertz CT molecular complexity index is 590. The number of amides is 2. The molecule has 0 aliphatic rings. The topological polar surface area (TPSA) is 137 Å². The Morgan fingerprint density at radius 2 is 1.76 bits per heavy atom. The molecule has 5 N–H and O–H groups in total. The summed E-state index contributed by atoms with van der Waals surface area (Å²) in [5.41, 5.74) is 0.825. The quantitative estimate of drug-likeness (QED) is 0.358. The molecule has 0 aliphatic carbocycles. The normalized spacial score (nSPS) is 12.9. The molecule has 0 saturated heterocycles. The summed E-state index contributed by atoms with van der Waals surface area (Å²) in [7, 11) is 2.98. The summed E-state index contributed by atoms with van der Waals surface area (Å²) in [6.45, 7) is -0.634. The van der Waals surface area contributed by atoms with Crippen LogP contribution in [0.25, 0.3) is 0 Å². The van der Waals surface area contributed by atoms with E-state index in [4.69, 9.17) is 9.84 Å². The van der Waals surface area contributed by atoms with Gasteiger partial charge < -0.3 is 30.9 Å². The molecule has 0 aromatic heterocycles. The Kier molecular flexibility index (Phi) is 8.37. The van der Waals surface area contributed by atoms with Crippen molar-refractivity contribution in [1.29, 1.82) is 0 Å². The lowest BCUT2D eigenvalue weighted by atomic mass is 10.0. The van der Waals surface area contributed by atoms with E-state index >= 15 is 0 Å². The fraction of sp³-hybridized carbons (Fsp3) is 0.438. The van der Waals surface area contributed by atoms with E-state index in [1.165, 1.54) is 19.2 Å². The van der Waals surface area contributed by atoms with Gasteiger partial charge in [0.25, 0.3) is 0 Å². The van der Waals surface area contributed by atoms with Crippen molar-refractivity contribution in [2.24, 2.45) is 0 Å². The summed E-state index contributed by atoms with van der Waals surface area (Å²) in [6, 6.07) is 4.81. The Hall–Kier alpha value is -2.65. The third kappa shape index (κ3) is 7.19. The van der Waals surface area contributed by atoms with Crippen molar-refractivity contribution in [1.82, 2.24) is 16.0 Å². The SMILES string of the molecule is CN[C@@H](Cc1ccc(O)cc1)C(=O)N[C@@H](COC)C(=O)NCC(=O)O. The van der Waals surface area contributed by atoms with Gasteiger partial charge in [0.1, 0.15) is 18.3 Å². The largest absolute Gasteiger partial charge is 0.508 e. The summed E-state index contributed by atoms with van der Waals surface area (Å²) in [5.74, 6) is -2.12. The second-order valence-electron chi connectivity index (χ2n) is 5.34. The first kappa shape index (κ1) is 20.4. The van der Waals surface area contributed by atoms with E-state index in [1.807, 2.05) is 0 Å². The Morgan fingerprint density at radius 3 is 2.28 bits per heavy atom. The summed E-state index contributed by atoms with van der Waals surface area (Å²) >= 11 is 0. The lowest BCUT2D eigenvalue weighted by Crippen LogP contribution is -2.55. The number of nitrogens with one attached hydrogen (secondary N) is 3. The van der Waals surface area contributed by atoms with Gasteiger partial charge in [-0.05, 0) is 31.2 Å². The molecule has 1 rings (SSSR count). The summed E-state index contributed by atoms with van der Waals surface area (Å²) in [4.78, 5) is 34.9. The number of phenolic OH excluding ortho intramolecular Hbond substituents is 1. The van der Waals surface area contributed by atoms with Crippen LogP contribution in [0.4, 0.5) is 0 Å². The maximum Gasteiger partial charge on any atom is 0.322 e. The highest BCUT2D eigenvalue weighted by atomic mass is 16.5. The number of carboxylic acid groups (broad SMARTS) is 1. The minimum Gasteiger partial charge on any atom is -0.508 e. The number of rotatable bonds is 10. The van der Waals surface area contributed by atoms with Crippen molar-refractivity contribution in [2.45, 2.75) is 18.5 Å². The van der Waals surface area contributed by atoms with E-state index in [9.17, 15) is 19.5 Å². The highest BCUT2D eigenvalue weighted by Crippen LogP contribution is 2.11. The monoisotopic (exact) mass is 353 g/mol. The Labute approximate surface area is 145 Å². The van der Waals surface area contributed by atoms with E-state index in [-0.39, 0.29) is 12.4 Å². The highest BCUT2D eigenvalue weighted by Gasteiger charge is 2.25. The molecule has 1 aromatic carbocycles. The predicted octanol–water partition coefficient (Wildman–Crippen LogP) is -1.15. The number of ether oxygens (including phenoxy) is 1. The van der Waals surface area contributed by atoms with Crippen molar-refractivity contribution in [3.05, 3.63) is 29.8 Å². The number of methoxy groups -OCH3 is 1. The van der Waals surface area contributed by atoms with Gasteiger partial charge in [-0.25, -0.2) is 0 Å². The smallest absolute Gasteiger partial charge is 0.322 e. The number of aromatic hydroxyl groups is 1. The molecule has 0 spiro atoms. The molecule has 9 nitrogen and oxygen atoms in total. The van der Waals surface area contributed by atoms with Gasteiger partial charge in [0.05, 0.1) is 12.6 Å². The second kappa shape index (κ2) is 10.3. The van der Waals surface area contributed by atoms with E-state index in [0.29, 0.717) is 6.42 Å². The number of aliphatic carboxylic acids is 1. The zero-order valence-electron chi connectivity index (χ0n) is 14.1. The van der Waals surface area contributed by atoms with Gasteiger partial charge in [0.15, 0.2) is 0 Å². The molecule has 9 heteroatoms. The van der Waals surface area contributed by atoms with Crippen LogP contribution in [0.3, 0.4) is 0 Å². The molecule has 0 radical (unpaired) electrons. The van der Waals surface area contributed by atoms with E-state index < -0.39 is 36.4 Å². The number of likely N-dealkylation sites (N-methyl/N-ethyl adjacent to an activating group) is 1. The van der Waals surface area contributed by atoms with Crippen molar-refractivity contribution >= 4 is 17.8 Å². The average Bonchev–Trinajstić information content (AvgIpc) is 2.58. The van der Waals surface area contributed by atoms with Crippen LogP contribution in [0.15, 0.2) is 24.3 Å². The summed E-state index contributed by atoms with van der Waals surface area (Å²) in [5, 5.41) is 25.5. The fourth-order valence-corrected chi connectivity index (χ4v) is 2.10. The molecular formula is C16H23N3O6. The number of carbonyl (C=O) groups is 3. The fourth-order valence-electron chi connectivity index (χ4n) is 2.10. The maximum absolute atomic E-state index is 12.4. The number of benzene rings is 1. The zero-order valence-corrected chi connectivity index (χ0v) is 14.1. The molecule has 0 aliphatic heterocycles. The van der Waals surface area contributed by atoms with E-state index in [0.717, 1.165) is 5.56 Å². The van der Waals surface area contributed by atoms with Crippen LogP contribution in [0, 0.1) is 0 Å². The van der Waals surface area contributed by atoms with E-state index in [1.54, 1.807) is 19.2 Å². The first-order valence-electron chi connectivity index (χ1n) is 7.61. The first-order valence-corrected chi connectivity index (χ1v) is 7.61. The zero-order chi connectivity index (χ0) is 18.8. The van der Waals surface area contributed by atoms with Crippen LogP contribution in [0.5, 0.6) is 5.75 Å². The van der Waals surface area contributed by atoms with Gasteiger partial charge in [-0.3, -0.25) is 14.4 Å². The van der Waals surface area contributed by atoms with Crippen LogP contribution in [0.2, 0.25) is 0 Å². The van der Waals surface area contributed by atoms with Crippen LogP contribution >= 0.6 is 0 Å². The third-order valence-electron chi connectivity index (χ3n) is 3.42. The molecule has 0 heterocycles. The lowest BCUT2D eigenvalue weighted by molar-refractivity contribution is -0.138.